The molecule has 8 nitrogen and oxygen atoms in total. The minimum Gasteiger partial charge on any atom is -0.354 e. The van der Waals surface area contributed by atoms with Crippen LogP contribution in [0.3, 0.4) is 0 Å². The van der Waals surface area contributed by atoms with Gasteiger partial charge in [-0.1, -0.05) is 17.3 Å². The fourth-order valence-corrected chi connectivity index (χ4v) is 3.41. The van der Waals surface area contributed by atoms with Crippen molar-refractivity contribution in [1.82, 2.24) is 30.3 Å². The van der Waals surface area contributed by atoms with E-state index in [2.05, 4.69) is 30.3 Å². The topological polar surface area (TPSA) is 97.0 Å². The van der Waals surface area contributed by atoms with E-state index in [0.29, 0.717) is 30.4 Å². The van der Waals surface area contributed by atoms with Gasteiger partial charge < -0.3 is 9.84 Å². The quantitative estimate of drug-likeness (QED) is 0.672. The molecule has 4 heterocycles. The molecule has 0 aliphatic carbocycles. The maximum atomic E-state index is 12.9. The maximum Gasteiger partial charge on any atom is 0.242 e. The third-order valence-electron chi connectivity index (χ3n) is 4.75. The summed E-state index contributed by atoms with van der Waals surface area (Å²) in [4.78, 5) is 27.8. The minimum absolute atomic E-state index is 0.0284. The van der Waals surface area contributed by atoms with Crippen LogP contribution in [0.15, 0.2) is 53.4 Å². The Hall–Kier alpha value is -3.13. The predicted molar refractivity (Wildman–Crippen MR) is 102 cm³/mol. The number of amides is 1. The molecule has 1 N–H and O–H groups in total. The number of hydrogen-bond acceptors (Lipinski definition) is 7. The van der Waals surface area contributed by atoms with Crippen molar-refractivity contribution in [3.05, 3.63) is 60.4 Å². The fourth-order valence-electron chi connectivity index (χ4n) is 3.41. The van der Waals surface area contributed by atoms with Crippen LogP contribution in [0.2, 0.25) is 0 Å². The lowest BCUT2D eigenvalue weighted by atomic mass is 10.1. The molecule has 8 heteroatoms. The lowest BCUT2D eigenvalue weighted by molar-refractivity contribution is -0.126. The summed E-state index contributed by atoms with van der Waals surface area (Å²) in [6, 6.07) is 9.03. The smallest absolute Gasteiger partial charge is 0.242 e. The van der Waals surface area contributed by atoms with Crippen LogP contribution in [0.1, 0.15) is 30.3 Å². The van der Waals surface area contributed by atoms with Gasteiger partial charge in [0.1, 0.15) is 11.7 Å². The maximum absolute atomic E-state index is 12.9. The molecule has 1 aliphatic heterocycles. The van der Waals surface area contributed by atoms with Gasteiger partial charge in [0.25, 0.3) is 0 Å². The number of nitrogens with zero attached hydrogens (tertiary/aromatic N) is 5. The molecular weight excluding hydrogens is 356 g/mol. The van der Waals surface area contributed by atoms with Gasteiger partial charge >= 0.3 is 0 Å². The number of carbonyl (C=O) groups excluding carboxylic acids is 1. The van der Waals surface area contributed by atoms with E-state index in [0.717, 1.165) is 31.5 Å². The highest BCUT2D eigenvalue weighted by atomic mass is 16.5. The number of aromatic nitrogens is 4. The van der Waals surface area contributed by atoms with Crippen LogP contribution in [0.4, 0.5) is 0 Å². The standard InChI is InChI=1S/C20H22N6O2/c27-20(18(26-12-3-4-13-26)15-6-5-9-21-14-15)23-11-8-17-24-19(25-28-17)16-7-1-2-10-22-16/h1-2,5-7,9-10,14,18H,3-4,8,11-13H2,(H,23,27)/t18-/m0/s1. The van der Waals surface area contributed by atoms with Crippen molar-refractivity contribution in [3.8, 4) is 11.5 Å². The van der Waals surface area contributed by atoms with Crippen LogP contribution in [0.25, 0.3) is 11.5 Å². The summed E-state index contributed by atoms with van der Waals surface area (Å²) in [5.41, 5.74) is 1.57. The van der Waals surface area contributed by atoms with E-state index in [9.17, 15) is 4.79 Å². The van der Waals surface area contributed by atoms with E-state index in [1.54, 1.807) is 18.6 Å². The first-order chi connectivity index (χ1) is 13.8. The van der Waals surface area contributed by atoms with Crippen molar-refractivity contribution in [3.63, 3.8) is 0 Å². The molecule has 3 aromatic rings. The van der Waals surface area contributed by atoms with Gasteiger partial charge in [-0.25, -0.2) is 0 Å². The number of carbonyl (C=O) groups is 1. The predicted octanol–water partition coefficient (Wildman–Crippen LogP) is 2.02. The Labute approximate surface area is 163 Å². The third-order valence-corrected chi connectivity index (χ3v) is 4.75. The Kier molecular flexibility index (Phi) is 5.67. The number of nitrogens with one attached hydrogen (secondary N) is 1. The molecule has 1 atom stereocenters. The summed E-state index contributed by atoms with van der Waals surface area (Å²) < 4.78 is 5.27. The molecule has 1 amide bonds. The highest BCUT2D eigenvalue weighted by Gasteiger charge is 2.29. The van der Waals surface area contributed by atoms with E-state index in [1.165, 1.54) is 0 Å². The van der Waals surface area contributed by atoms with Gasteiger partial charge in [0.05, 0.1) is 0 Å². The second-order valence-corrected chi connectivity index (χ2v) is 6.70. The van der Waals surface area contributed by atoms with Gasteiger partial charge in [0.15, 0.2) is 0 Å². The number of rotatable bonds is 7. The van der Waals surface area contributed by atoms with Crippen molar-refractivity contribution in [1.29, 1.82) is 0 Å². The van der Waals surface area contributed by atoms with Gasteiger partial charge in [-0.2, -0.15) is 4.98 Å². The van der Waals surface area contributed by atoms with Crippen LogP contribution in [-0.2, 0) is 11.2 Å². The zero-order valence-corrected chi connectivity index (χ0v) is 15.5. The molecule has 0 radical (unpaired) electrons. The number of likely N-dealkylation sites (tertiary alicyclic amines) is 1. The molecule has 1 saturated heterocycles. The molecule has 0 saturated carbocycles. The lowest BCUT2D eigenvalue weighted by Gasteiger charge is -2.26. The average molecular weight is 378 g/mol. The van der Waals surface area contributed by atoms with Crippen LogP contribution in [0, 0.1) is 0 Å². The Balaban J connectivity index is 1.37. The van der Waals surface area contributed by atoms with Gasteiger partial charge in [0.2, 0.25) is 17.6 Å². The summed E-state index contributed by atoms with van der Waals surface area (Å²) in [6.45, 7) is 2.27. The lowest BCUT2D eigenvalue weighted by Crippen LogP contribution is -2.40. The summed E-state index contributed by atoms with van der Waals surface area (Å²) in [5, 5.41) is 6.96. The van der Waals surface area contributed by atoms with Crippen molar-refractivity contribution in [2.75, 3.05) is 19.6 Å². The molecule has 0 unspecified atom stereocenters. The van der Waals surface area contributed by atoms with E-state index in [1.807, 2.05) is 30.3 Å². The summed E-state index contributed by atoms with van der Waals surface area (Å²) in [7, 11) is 0. The Bertz CT molecular complexity index is 893. The van der Waals surface area contributed by atoms with E-state index in [-0.39, 0.29) is 11.9 Å². The number of hydrogen-bond donors (Lipinski definition) is 1. The molecule has 144 valence electrons. The minimum atomic E-state index is -0.317. The van der Waals surface area contributed by atoms with Crippen LogP contribution < -0.4 is 5.32 Å². The first kappa shape index (κ1) is 18.2. The van der Waals surface area contributed by atoms with Crippen molar-refractivity contribution >= 4 is 5.91 Å². The SMILES string of the molecule is O=C(NCCc1nc(-c2ccccn2)no1)[C@H](c1cccnc1)N1CCCC1. The second-order valence-electron chi connectivity index (χ2n) is 6.70. The van der Waals surface area contributed by atoms with Gasteiger partial charge in [-0.15, -0.1) is 0 Å². The molecule has 4 rings (SSSR count). The van der Waals surface area contributed by atoms with E-state index in [4.69, 9.17) is 4.52 Å². The van der Waals surface area contributed by atoms with Crippen LogP contribution in [-0.4, -0.2) is 50.5 Å². The monoisotopic (exact) mass is 378 g/mol. The first-order valence-corrected chi connectivity index (χ1v) is 9.47. The third kappa shape index (κ3) is 4.23. The number of pyridine rings is 2. The van der Waals surface area contributed by atoms with Crippen molar-refractivity contribution in [2.24, 2.45) is 0 Å². The summed E-state index contributed by atoms with van der Waals surface area (Å²) in [5.74, 6) is 0.895. The summed E-state index contributed by atoms with van der Waals surface area (Å²) in [6.07, 6.45) is 7.86. The zero-order valence-electron chi connectivity index (χ0n) is 15.5. The fraction of sp³-hybridized carbons (Fsp3) is 0.350. The molecule has 0 spiro atoms. The van der Waals surface area contributed by atoms with E-state index >= 15 is 0 Å². The highest BCUT2D eigenvalue weighted by molar-refractivity contribution is 5.83. The molecule has 0 bridgehead atoms. The largest absolute Gasteiger partial charge is 0.354 e. The average Bonchev–Trinajstić information content (AvgIpc) is 3.42. The molecule has 1 fully saturated rings. The van der Waals surface area contributed by atoms with Gasteiger partial charge in [-0.3, -0.25) is 19.7 Å². The van der Waals surface area contributed by atoms with E-state index < -0.39 is 0 Å². The van der Waals surface area contributed by atoms with Crippen molar-refractivity contribution < 1.29 is 9.32 Å². The highest BCUT2D eigenvalue weighted by Crippen LogP contribution is 2.24. The summed E-state index contributed by atoms with van der Waals surface area (Å²) >= 11 is 0. The second kappa shape index (κ2) is 8.71. The molecule has 3 aromatic heterocycles. The Morgan fingerprint density at radius 2 is 2.07 bits per heavy atom. The normalized spacial score (nSPS) is 15.4. The molecular formula is C20H22N6O2. The zero-order chi connectivity index (χ0) is 19.2. The first-order valence-electron chi connectivity index (χ1n) is 9.47. The van der Waals surface area contributed by atoms with Crippen LogP contribution in [0.5, 0.6) is 0 Å². The van der Waals surface area contributed by atoms with Crippen LogP contribution >= 0.6 is 0 Å². The Morgan fingerprint density at radius 3 is 2.82 bits per heavy atom. The molecule has 0 aromatic carbocycles. The van der Waals surface area contributed by atoms with Gasteiger partial charge in [-0.05, 0) is 49.7 Å². The Morgan fingerprint density at radius 1 is 1.18 bits per heavy atom. The molecule has 1 aliphatic rings. The molecule has 28 heavy (non-hydrogen) atoms. The van der Waals surface area contributed by atoms with Gasteiger partial charge in [0, 0.05) is 31.6 Å². The van der Waals surface area contributed by atoms with Crippen molar-refractivity contribution in [2.45, 2.75) is 25.3 Å².